The van der Waals surface area contributed by atoms with E-state index in [1.165, 1.54) is 12.1 Å². The Morgan fingerprint density at radius 2 is 1.66 bits per heavy atom. The lowest BCUT2D eigenvalue weighted by atomic mass is 9.99. The molecule has 2 aliphatic heterocycles. The predicted octanol–water partition coefficient (Wildman–Crippen LogP) is 6.53. The van der Waals surface area contributed by atoms with Crippen LogP contribution < -0.4 is 9.64 Å². The highest BCUT2D eigenvalue weighted by Crippen LogP contribution is 2.37. The van der Waals surface area contributed by atoms with Crippen molar-refractivity contribution in [3.8, 4) is 17.7 Å². The number of piperidine rings is 1. The number of ether oxygens (including phenoxy) is 1. The molecule has 7 nitrogen and oxygen atoms in total. The van der Waals surface area contributed by atoms with Crippen LogP contribution in [-0.2, 0) is 6.54 Å². The maximum Gasteiger partial charge on any atom is 0.325 e. The van der Waals surface area contributed by atoms with E-state index in [9.17, 15) is 9.18 Å². The van der Waals surface area contributed by atoms with E-state index in [1.807, 2.05) is 41.4 Å². The summed E-state index contributed by atoms with van der Waals surface area (Å²) in [4.78, 5) is 24.4. The summed E-state index contributed by atoms with van der Waals surface area (Å²) < 4.78 is 19.4. The van der Waals surface area contributed by atoms with Gasteiger partial charge in [0.2, 0.25) is 5.88 Å². The first-order valence-electron chi connectivity index (χ1n) is 13.8. The number of benzene rings is 3. The first kappa shape index (κ1) is 26.5. The molecule has 8 heteroatoms. The van der Waals surface area contributed by atoms with E-state index in [4.69, 9.17) is 10.00 Å². The van der Waals surface area contributed by atoms with Crippen molar-refractivity contribution in [1.82, 2.24) is 14.8 Å². The summed E-state index contributed by atoms with van der Waals surface area (Å²) in [5.74, 6) is 0.824. The average Bonchev–Trinajstić information content (AvgIpc) is 3.36. The fourth-order valence-electron chi connectivity index (χ4n) is 5.70. The molecule has 2 saturated heterocycles. The number of halogens is 1. The Morgan fingerprint density at radius 1 is 0.927 bits per heavy atom. The average molecular weight is 548 g/mol. The zero-order valence-corrected chi connectivity index (χ0v) is 22.6. The number of aromatic nitrogens is 1. The van der Waals surface area contributed by atoms with Gasteiger partial charge in [0.1, 0.15) is 11.6 Å². The van der Waals surface area contributed by atoms with Crippen LogP contribution in [0.4, 0.5) is 14.9 Å². The van der Waals surface area contributed by atoms with Gasteiger partial charge in [-0.1, -0.05) is 36.4 Å². The van der Waals surface area contributed by atoms with E-state index in [2.05, 4.69) is 28.1 Å². The Labute approximate surface area is 239 Å². The van der Waals surface area contributed by atoms with Gasteiger partial charge in [0.15, 0.2) is 0 Å². The van der Waals surface area contributed by atoms with Gasteiger partial charge < -0.3 is 9.64 Å². The Kier molecular flexibility index (Phi) is 7.61. The number of nitrogens with zero attached hydrogens (tertiary/aromatic N) is 5. The molecule has 0 N–H and O–H groups in total. The topological polar surface area (TPSA) is 72.7 Å². The van der Waals surface area contributed by atoms with Gasteiger partial charge in [-0.3, -0.25) is 9.80 Å². The molecule has 2 aliphatic rings. The highest BCUT2D eigenvalue weighted by Gasteiger charge is 2.43. The Bertz CT molecular complexity index is 1510. The standard InChI is InChI=1S/C33H30FN5O2/c34-27-9-11-28(12-10-27)38-23-31(26-4-2-1-3-5-26)39(33(38)40)29-16-18-37(19-17-29)22-25-8-15-32(36-21-25)41-30-13-6-24(20-35)7-14-30/h1-15,21,29,31H,16-19,22-23H2/t31-/m0/s1. The lowest BCUT2D eigenvalue weighted by Gasteiger charge is -2.39. The van der Waals surface area contributed by atoms with Gasteiger partial charge in [-0.2, -0.15) is 5.26 Å². The van der Waals surface area contributed by atoms with Crippen LogP contribution in [0, 0.1) is 17.1 Å². The molecule has 0 unspecified atom stereocenters. The number of pyridine rings is 1. The van der Waals surface area contributed by atoms with Crippen LogP contribution in [0.15, 0.2) is 97.2 Å². The van der Waals surface area contributed by atoms with Crippen LogP contribution >= 0.6 is 0 Å². The smallest absolute Gasteiger partial charge is 0.325 e. The number of hydrogen-bond donors (Lipinski definition) is 0. The summed E-state index contributed by atoms with van der Waals surface area (Å²) in [5, 5.41) is 8.95. The molecule has 41 heavy (non-hydrogen) atoms. The Balaban J connectivity index is 1.09. The molecule has 6 rings (SSSR count). The number of nitriles is 1. The molecule has 1 atom stereocenters. The molecule has 0 aliphatic carbocycles. The second-order valence-electron chi connectivity index (χ2n) is 10.5. The molecular formula is C33H30FN5O2. The van der Waals surface area contributed by atoms with Crippen LogP contribution in [0.25, 0.3) is 0 Å². The minimum absolute atomic E-state index is 0.0223. The van der Waals surface area contributed by atoms with Gasteiger partial charge in [-0.25, -0.2) is 14.2 Å². The summed E-state index contributed by atoms with van der Waals surface area (Å²) >= 11 is 0. The van der Waals surface area contributed by atoms with Crippen molar-refractivity contribution in [2.75, 3.05) is 24.5 Å². The molecule has 0 spiro atoms. The highest BCUT2D eigenvalue weighted by molar-refractivity contribution is 5.95. The molecule has 4 aromatic rings. The number of carbonyl (C=O) groups is 1. The fraction of sp³-hybridized carbons (Fsp3) is 0.242. The minimum atomic E-state index is -0.312. The second-order valence-corrected chi connectivity index (χ2v) is 10.5. The quantitative estimate of drug-likeness (QED) is 0.263. The maximum absolute atomic E-state index is 13.8. The van der Waals surface area contributed by atoms with Gasteiger partial charge in [-0.05, 0) is 72.5 Å². The molecule has 206 valence electrons. The van der Waals surface area contributed by atoms with Crippen LogP contribution in [0.2, 0.25) is 0 Å². The fourth-order valence-corrected chi connectivity index (χ4v) is 5.70. The molecule has 3 aromatic carbocycles. The third-order valence-corrected chi connectivity index (χ3v) is 7.83. The van der Waals surface area contributed by atoms with Gasteiger partial charge >= 0.3 is 6.03 Å². The Morgan fingerprint density at radius 3 is 2.32 bits per heavy atom. The zero-order chi connectivity index (χ0) is 28.2. The summed E-state index contributed by atoms with van der Waals surface area (Å²) in [5.41, 5.74) is 3.51. The third-order valence-electron chi connectivity index (χ3n) is 7.83. The van der Waals surface area contributed by atoms with Gasteiger partial charge in [0, 0.05) is 43.6 Å². The number of rotatable bonds is 7. The first-order chi connectivity index (χ1) is 20.1. The molecule has 2 amide bonds. The summed E-state index contributed by atoms with van der Waals surface area (Å²) in [6, 6.07) is 29.3. The molecule has 0 bridgehead atoms. The molecule has 0 saturated carbocycles. The molecule has 3 heterocycles. The van der Waals surface area contributed by atoms with Crippen molar-refractivity contribution < 1.29 is 13.9 Å². The normalized spacial score (nSPS) is 18.0. The summed E-state index contributed by atoms with van der Waals surface area (Å²) in [6.07, 6.45) is 3.58. The largest absolute Gasteiger partial charge is 0.439 e. The summed E-state index contributed by atoms with van der Waals surface area (Å²) in [6.45, 7) is 3.05. The van der Waals surface area contributed by atoms with Crippen molar-refractivity contribution in [1.29, 1.82) is 5.26 Å². The predicted molar refractivity (Wildman–Crippen MR) is 154 cm³/mol. The zero-order valence-electron chi connectivity index (χ0n) is 22.6. The van der Waals surface area contributed by atoms with E-state index >= 15 is 0 Å². The van der Waals surface area contributed by atoms with Crippen molar-refractivity contribution in [2.45, 2.75) is 31.5 Å². The SMILES string of the molecule is N#Cc1ccc(Oc2ccc(CN3CCC(N4C(=O)N(c5ccc(F)cc5)C[C@H]4c4ccccc4)CC3)cn2)cc1. The monoisotopic (exact) mass is 547 g/mol. The highest BCUT2D eigenvalue weighted by atomic mass is 19.1. The number of anilines is 1. The number of carbonyl (C=O) groups excluding carboxylic acids is 1. The minimum Gasteiger partial charge on any atom is -0.439 e. The molecular weight excluding hydrogens is 517 g/mol. The Hall–Kier alpha value is -4.74. The van der Waals surface area contributed by atoms with Gasteiger partial charge in [-0.15, -0.1) is 0 Å². The second kappa shape index (κ2) is 11.8. The van der Waals surface area contributed by atoms with E-state index in [0.717, 1.165) is 49.3 Å². The van der Waals surface area contributed by atoms with Crippen LogP contribution in [0.5, 0.6) is 11.6 Å². The van der Waals surface area contributed by atoms with Crippen molar-refractivity contribution in [3.05, 3.63) is 120 Å². The van der Waals surface area contributed by atoms with Crippen LogP contribution in [-0.4, -0.2) is 46.5 Å². The number of urea groups is 1. The lowest BCUT2D eigenvalue weighted by Crippen LogP contribution is -2.47. The number of likely N-dealkylation sites (tertiary alicyclic amines) is 1. The third kappa shape index (κ3) is 5.91. The molecule has 1 aromatic heterocycles. The number of amides is 2. The van der Waals surface area contributed by atoms with E-state index < -0.39 is 0 Å². The maximum atomic E-state index is 13.8. The van der Waals surface area contributed by atoms with Crippen molar-refractivity contribution in [3.63, 3.8) is 0 Å². The number of hydrogen-bond acceptors (Lipinski definition) is 5. The van der Waals surface area contributed by atoms with E-state index in [0.29, 0.717) is 23.7 Å². The van der Waals surface area contributed by atoms with Crippen molar-refractivity contribution in [2.24, 2.45) is 0 Å². The summed E-state index contributed by atoms with van der Waals surface area (Å²) in [7, 11) is 0. The first-order valence-corrected chi connectivity index (χ1v) is 13.8. The lowest BCUT2D eigenvalue weighted by molar-refractivity contribution is 0.112. The van der Waals surface area contributed by atoms with Crippen molar-refractivity contribution >= 4 is 11.7 Å². The molecule has 2 fully saturated rings. The van der Waals surface area contributed by atoms with Crippen LogP contribution in [0.1, 0.15) is 35.6 Å². The van der Waals surface area contributed by atoms with E-state index in [1.54, 1.807) is 41.3 Å². The van der Waals surface area contributed by atoms with Crippen LogP contribution in [0.3, 0.4) is 0 Å². The van der Waals surface area contributed by atoms with Gasteiger partial charge in [0.05, 0.1) is 24.2 Å². The van der Waals surface area contributed by atoms with Gasteiger partial charge in [0.25, 0.3) is 0 Å². The van der Waals surface area contributed by atoms with E-state index in [-0.39, 0.29) is 23.9 Å². The molecule has 0 radical (unpaired) electrons.